The summed E-state index contributed by atoms with van der Waals surface area (Å²) in [6.45, 7) is 3.08. The zero-order valence-electron chi connectivity index (χ0n) is 13.4. The predicted molar refractivity (Wildman–Crippen MR) is 78.4 cm³/mol. The summed E-state index contributed by atoms with van der Waals surface area (Å²) in [7, 11) is 0. The summed E-state index contributed by atoms with van der Waals surface area (Å²) in [5.41, 5.74) is -3.59. The van der Waals surface area contributed by atoms with Crippen molar-refractivity contribution in [1.29, 1.82) is 0 Å². The number of anilines is 1. The number of nitrogens with zero attached hydrogens (tertiary/aromatic N) is 1. The van der Waals surface area contributed by atoms with E-state index in [0.717, 1.165) is 23.1 Å². The topological polar surface area (TPSA) is 63.7 Å². The fourth-order valence-electron chi connectivity index (χ4n) is 4.40. The number of fused-ring (bicyclic) bond motifs is 5. The smallest absolute Gasteiger partial charge is 0.359 e. The Bertz CT molecular complexity index is 835. The van der Waals surface area contributed by atoms with Crippen LogP contribution in [-0.2, 0) is 25.3 Å². The third-order valence-corrected chi connectivity index (χ3v) is 5.50. The van der Waals surface area contributed by atoms with E-state index in [0.29, 0.717) is 0 Å². The van der Waals surface area contributed by atoms with E-state index in [-0.39, 0.29) is 17.9 Å². The second-order valence-corrected chi connectivity index (χ2v) is 7.14. The highest BCUT2D eigenvalue weighted by Gasteiger charge is 2.76. The van der Waals surface area contributed by atoms with Crippen LogP contribution in [0.5, 0.6) is 0 Å². The normalized spacial score (nSPS) is 37.2. The molecular weight excluding hydrogens is 339 g/mol. The number of carbonyl (C=O) groups excluding carboxylic acids is 3. The minimum absolute atomic E-state index is 0.0140. The van der Waals surface area contributed by atoms with Gasteiger partial charge in [0.25, 0.3) is 0 Å². The lowest BCUT2D eigenvalue weighted by Gasteiger charge is -2.26. The van der Waals surface area contributed by atoms with Crippen molar-refractivity contribution in [2.24, 2.45) is 11.8 Å². The minimum atomic E-state index is -4.59. The van der Waals surface area contributed by atoms with E-state index in [4.69, 9.17) is 4.74 Å². The molecule has 3 aliphatic rings. The van der Waals surface area contributed by atoms with Gasteiger partial charge < -0.3 is 4.74 Å². The first-order valence-corrected chi connectivity index (χ1v) is 7.77. The van der Waals surface area contributed by atoms with Gasteiger partial charge >= 0.3 is 6.18 Å². The molecule has 1 aromatic rings. The molecule has 2 amide bonds. The number of rotatable bonds is 1. The third-order valence-electron chi connectivity index (χ3n) is 5.50. The number of alkyl halides is 3. The predicted octanol–water partition coefficient (Wildman–Crippen LogP) is 2.33. The maximum Gasteiger partial charge on any atom is 0.416 e. The fourth-order valence-corrected chi connectivity index (χ4v) is 4.40. The van der Waals surface area contributed by atoms with Crippen molar-refractivity contribution < 1.29 is 32.3 Å². The van der Waals surface area contributed by atoms with Crippen LogP contribution in [0.4, 0.5) is 18.9 Å². The van der Waals surface area contributed by atoms with E-state index in [1.54, 1.807) is 6.92 Å². The van der Waals surface area contributed by atoms with E-state index in [1.165, 1.54) is 13.0 Å². The maximum atomic E-state index is 12.9. The Morgan fingerprint density at radius 3 is 2.40 bits per heavy atom. The van der Waals surface area contributed by atoms with Crippen LogP contribution in [0.2, 0.25) is 0 Å². The van der Waals surface area contributed by atoms with E-state index in [2.05, 4.69) is 0 Å². The Hall–Kier alpha value is -2.22. The number of Topliss-reactive ketones (excluding diaryl/α,β-unsaturated/α-hetero) is 1. The molecule has 1 aromatic carbocycles. The molecule has 5 nitrogen and oxygen atoms in total. The summed E-state index contributed by atoms with van der Waals surface area (Å²) in [5.74, 6) is -3.43. The Labute approximate surface area is 140 Å². The van der Waals surface area contributed by atoms with Gasteiger partial charge in [0.15, 0.2) is 5.78 Å². The summed E-state index contributed by atoms with van der Waals surface area (Å²) in [6.07, 6.45) is -4.58. The summed E-state index contributed by atoms with van der Waals surface area (Å²) in [6, 6.07) is 4.06. The molecule has 0 N–H and O–H groups in total. The molecule has 0 aliphatic carbocycles. The molecule has 3 aliphatic heterocycles. The average Bonchev–Trinajstić information content (AvgIpc) is 3.00. The number of ether oxygens (including phenoxy) is 1. The molecule has 3 fully saturated rings. The third kappa shape index (κ3) is 1.91. The molecule has 0 unspecified atom stereocenters. The molecule has 8 heteroatoms. The minimum Gasteiger partial charge on any atom is -0.359 e. The van der Waals surface area contributed by atoms with E-state index in [1.807, 2.05) is 0 Å². The van der Waals surface area contributed by atoms with E-state index < -0.39 is 46.6 Å². The first-order chi connectivity index (χ1) is 11.5. The van der Waals surface area contributed by atoms with Crippen LogP contribution in [0.1, 0.15) is 25.8 Å². The Balaban J connectivity index is 1.79. The standard InChI is InChI=1S/C17H14F3NO4/c1-15-7-10(22)16(2,25-15)12-11(15)13(23)21(14(12)24)9-5-3-4-8(6-9)17(18,19)20/h3-6,11-12H,7H2,1-2H3/t11-,12+,15+,16-/m1/s1. The van der Waals surface area contributed by atoms with Crippen LogP contribution in [0.15, 0.2) is 24.3 Å². The molecular formula is C17H14F3NO4. The highest BCUT2D eigenvalue weighted by Crippen LogP contribution is 2.59. The van der Waals surface area contributed by atoms with Crippen LogP contribution < -0.4 is 4.90 Å². The van der Waals surface area contributed by atoms with Crippen molar-refractivity contribution in [3.8, 4) is 0 Å². The van der Waals surface area contributed by atoms with Crippen LogP contribution in [-0.4, -0.2) is 28.8 Å². The molecule has 25 heavy (non-hydrogen) atoms. The van der Waals surface area contributed by atoms with Crippen molar-refractivity contribution >= 4 is 23.3 Å². The highest BCUT2D eigenvalue weighted by molar-refractivity contribution is 6.25. The van der Waals surface area contributed by atoms with Gasteiger partial charge in [-0.15, -0.1) is 0 Å². The van der Waals surface area contributed by atoms with Crippen molar-refractivity contribution in [2.45, 2.75) is 37.6 Å². The number of amides is 2. The lowest BCUT2D eigenvalue weighted by Crippen LogP contribution is -2.46. The average molecular weight is 353 g/mol. The van der Waals surface area contributed by atoms with Gasteiger partial charge in [-0.2, -0.15) is 13.2 Å². The summed E-state index contributed by atoms with van der Waals surface area (Å²) in [4.78, 5) is 38.7. The van der Waals surface area contributed by atoms with Crippen LogP contribution in [0.25, 0.3) is 0 Å². The zero-order chi connectivity index (χ0) is 18.4. The van der Waals surface area contributed by atoms with Crippen molar-refractivity contribution in [3.05, 3.63) is 29.8 Å². The van der Waals surface area contributed by atoms with Crippen LogP contribution >= 0.6 is 0 Å². The Kier molecular flexibility index (Phi) is 2.92. The number of imide groups is 1. The monoisotopic (exact) mass is 353 g/mol. The number of carbonyl (C=O) groups is 3. The summed E-state index contributed by atoms with van der Waals surface area (Å²) < 4.78 is 44.5. The van der Waals surface area contributed by atoms with Crippen LogP contribution in [0.3, 0.4) is 0 Å². The maximum absolute atomic E-state index is 12.9. The molecule has 2 bridgehead atoms. The van der Waals surface area contributed by atoms with Crippen molar-refractivity contribution in [1.82, 2.24) is 0 Å². The molecule has 0 spiro atoms. The Morgan fingerprint density at radius 2 is 1.76 bits per heavy atom. The van der Waals surface area contributed by atoms with E-state index >= 15 is 0 Å². The molecule has 0 aromatic heterocycles. The first-order valence-electron chi connectivity index (χ1n) is 7.77. The van der Waals surface area contributed by atoms with E-state index in [9.17, 15) is 27.6 Å². The van der Waals surface area contributed by atoms with Gasteiger partial charge in [-0.1, -0.05) is 6.07 Å². The second-order valence-electron chi connectivity index (χ2n) is 7.14. The zero-order valence-corrected chi connectivity index (χ0v) is 13.4. The number of hydrogen-bond acceptors (Lipinski definition) is 4. The fraction of sp³-hybridized carbons (Fsp3) is 0.471. The van der Waals surface area contributed by atoms with Gasteiger partial charge in [-0.3, -0.25) is 14.4 Å². The van der Waals surface area contributed by atoms with Gasteiger partial charge in [0.1, 0.15) is 5.60 Å². The molecule has 132 valence electrons. The van der Waals surface area contributed by atoms with Crippen molar-refractivity contribution in [2.75, 3.05) is 4.90 Å². The quantitative estimate of drug-likeness (QED) is 0.727. The SMILES string of the molecule is C[C@@]12CC(=O)[C@@](C)(O1)[C@@H]1C(=O)N(c3cccc(C(F)(F)F)c3)C(=O)[C@@H]12. The number of halogens is 3. The van der Waals surface area contributed by atoms with Gasteiger partial charge in [0.05, 0.1) is 28.7 Å². The molecule has 0 radical (unpaired) electrons. The largest absolute Gasteiger partial charge is 0.416 e. The summed E-state index contributed by atoms with van der Waals surface area (Å²) >= 11 is 0. The van der Waals surface area contributed by atoms with Gasteiger partial charge in [0.2, 0.25) is 11.8 Å². The second kappa shape index (κ2) is 4.49. The summed E-state index contributed by atoms with van der Waals surface area (Å²) in [5, 5.41) is 0. The first kappa shape index (κ1) is 16.3. The number of hydrogen-bond donors (Lipinski definition) is 0. The molecule has 4 rings (SSSR count). The molecule has 0 saturated carbocycles. The molecule has 4 atom stereocenters. The number of ketones is 1. The lowest BCUT2D eigenvalue weighted by molar-refractivity contribution is -0.140. The Morgan fingerprint density at radius 1 is 1.12 bits per heavy atom. The van der Waals surface area contributed by atoms with Gasteiger partial charge in [-0.05, 0) is 32.0 Å². The van der Waals surface area contributed by atoms with Crippen LogP contribution in [0, 0.1) is 11.8 Å². The van der Waals surface area contributed by atoms with Gasteiger partial charge in [-0.25, -0.2) is 4.90 Å². The lowest BCUT2D eigenvalue weighted by atomic mass is 9.68. The molecule has 3 saturated heterocycles. The highest BCUT2D eigenvalue weighted by atomic mass is 19.4. The number of benzene rings is 1. The molecule has 3 heterocycles. The van der Waals surface area contributed by atoms with Gasteiger partial charge in [0, 0.05) is 6.42 Å². The van der Waals surface area contributed by atoms with Crippen molar-refractivity contribution in [3.63, 3.8) is 0 Å².